The lowest BCUT2D eigenvalue weighted by molar-refractivity contribution is 0.903. The summed E-state index contributed by atoms with van der Waals surface area (Å²) in [5, 5.41) is 0. The van der Waals surface area contributed by atoms with E-state index >= 15 is 0 Å². The first-order valence-electron chi connectivity index (χ1n) is 10.6. The molecule has 0 fully saturated rings. The molecule has 27 heavy (non-hydrogen) atoms. The quantitative estimate of drug-likeness (QED) is 0.388. The van der Waals surface area contributed by atoms with Crippen molar-refractivity contribution in [1.29, 1.82) is 0 Å². The molecule has 0 N–H and O–H groups in total. The van der Waals surface area contributed by atoms with Gasteiger partial charge in [0.05, 0.1) is 11.4 Å². The first kappa shape index (κ1) is 21.1. The fourth-order valence-electron chi connectivity index (χ4n) is 3.41. The first-order valence-corrected chi connectivity index (χ1v) is 10.6. The zero-order valence-electron chi connectivity index (χ0n) is 17.5. The minimum Gasteiger partial charge on any atom is -0.187 e. The Morgan fingerprint density at radius 2 is 1.00 bits per heavy atom. The average molecular weight is 363 g/mol. The molecule has 0 unspecified atom stereocenters. The predicted molar refractivity (Wildman–Crippen MR) is 118 cm³/mol. The van der Waals surface area contributed by atoms with E-state index in [4.69, 9.17) is 0 Å². The Labute approximate surface area is 165 Å². The molecule has 2 rings (SSSR count). The minimum atomic E-state index is 1.02. The third-order valence-electron chi connectivity index (χ3n) is 4.76. The van der Waals surface area contributed by atoms with Crippen LogP contribution in [0.3, 0.4) is 0 Å². The van der Waals surface area contributed by atoms with E-state index in [2.05, 4.69) is 80.1 Å². The number of rotatable bonds is 10. The normalized spacial score (nSPS) is 10.5. The molecule has 0 aromatic heterocycles. The molecule has 0 bridgehead atoms. The van der Waals surface area contributed by atoms with Gasteiger partial charge in [0.15, 0.2) is 0 Å². The average Bonchev–Trinajstić information content (AvgIpc) is 2.66. The smallest absolute Gasteiger partial charge is 0.100 e. The molecule has 0 heterocycles. The number of nitrogens with zero attached hydrogens (tertiary/aromatic N) is 2. The van der Waals surface area contributed by atoms with Gasteiger partial charge in [-0.05, 0) is 60.1 Å². The Kier molecular flexibility index (Phi) is 9.01. The highest BCUT2D eigenvalue weighted by Crippen LogP contribution is 2.25. The molecule has 0 spiro atoms. The Hall–Kier alpha value is -2.18. The highest BCUT2D eigenvalue weighted by Gasteiger charge is 2.04. The monoisotopic (exact) mass is 362 g/mol. The van der Waals surface area contributed by atoms with E-state index in [1.165, 1.54) is 22.3 Å². The molecule has 0 radical (unpaired) electrons. The summed E-state index contributed by atoms with van der Waals surface area (Å²) in [6, 6.07) is 16.3. The zero-order valence-corrected chi connectivity index (χ0v) is 17.5. The summed E-state index contributed by atoms with van der Waals surface area (Å²) < 4.78 is 0. The van der Waals surface area contributed by atoms with Crippen LogP contribution in [0.4, 0.5) is 11.4 Å². The second-order valence-electron chi connectivity index (χ2n) is 7.25. The van der Waals surface area contributed by atoms with Crippen LogP contribution in [-0.2, 0) is 25.7 Å². The third kappa shape index (κ3) is 6.48. The minimum absolute atomic E-state index is 1.02. The second-order valence-corrected chi connectivity index (χ2v) is 7.25. The van der Waals surface area contributed by atoms with Crippen LogP contribution in [0.2, 0.25) is 0 Å². The van der Waals surface area contributed by atoms with Crippen LogP contribution in [0.5, 0.6) is 0 Å². The van der Waals surface area contributed by atoms with E-state index in [9.17, 15) is 0 Å². The second kappa shape index (κ2) is 11.5. The van der Waals surface area contributed by atoms with Crippen LogP contribution in [0.25, 0.3) is 0 Å². The summed E-state index contributed by atoms with van der Waals surface area (Å²) in [5.41, 5.74) is 7.30. The summed E-state index contributed by atoms with van der Waals surface area (Å²) in [6.45, 7) is 8.83. The van der Waals surface area contributed by atoms with Gasteiger partial charge in [-0.3, -0.25) is 0 Å². The Morgan fingerprint density at radius 1 is 0.593 bits per heavy atom. The maximum Gasteiger partial charge on any atom is 0.100 e. The van der Waals surface area contributed by atoms with E-state index in [0.29, 0.717) is 0 Å². The molecule has 0 saturated carbocycles. The van der Waals surface area contributed by atoms with E-state index in [-0.39, 0.29) is 0 Å². The van der Waals surface area contributed by atoms with Crippen molar-refractivity contribution < 1.29 is 0 Å². The lowest BCUT2D eigenvalue weighted by atomic mass is 10.0. The molecule has 2 aromatic rings. The van der Waals surface area contributed by atoms with Gasteiger partial charge in [0.1, 0.15) is 6.01 Å². The van der Waals surface area contributed by atoms with Crippen molar-refractivity contribution in [1.82, 2.24) is 0 Å². The molecule has 0 atom stereocenters. The first-order chi connectivity index (χ1) is 13.2. The summed E-state index contributed by atoms with van der Waals surface area (Å²) in [4.78, 5) is 9.25. The van der Waals surface area contributed by atoms with Gasteiger partial charge in [-0.25, -0.2) is 0 Å². The van der Waals surface area contributed by atoms with Gasteiger partial charge in [0.2, 0.25) is 0 Å². The Bertz CT molecular complexity index is 719. The van der Waals surface area contributed by atoms with Crippen LogP contribution in [-0.4, -0.2) is 6.01 Å². The number of benzene rings is 2. The summed E-state index contributed by atoms with van der Waals surface area (Å²) in [6.07, 6.45) is 8.79. The highest BCUT2D eigenvalue weighted by atomic mass is 14.8. The molecular weight excluding hydrogens is 328 g/mol. The van der Waals surface area contributed by atoms with E-state index in [1.807, 2.05) is 0 Å². The Morgan fingerprint density at radius 3 is 1.37 bits per heavy atom. The van der Waals surface area contributed by atoms with Crippen LogP contribution in [0, 0.1) is 0 Å². The SMILES string of the molecule is CCCc1ccc(CCC)c(N=C=Nc2cc(CCC)ccc2CCC)c1. The van der Waals surface area contributed by atoms with Gasteiger partial charge in [-0.2, -0.15) is 9.98 Å². The van der Waals surface area contributed by atoms with Crippen LogP contribution in [0.1, 0.15) is 75.6 Å². The third-order valence-corrected chi connectivity index (χ3v) is 4.76. The molecule has 0 aliphatic heterocycles. The summed E-state index contributed by atoms with van der Waals surface area (Å²) >= 11 is 0. The molecule has 2 aromatic carbocycles. The molecule has 0 amide bonds. The van der Waals surface area contributed by atoms with E-state index in [1.54, 1.807) is 0 Å². The largest absolute Gasteiger partial charge is 0.187 e. The number of aliphatic imine (C=N–C) groups is 2. The zero-order chi connectivity index (χ0) is 19.5. The number of hydrogen-bond donors (Lipinski definition) is 0. The standard InChI is InChI=1S/C25H34N2/c1-5-9-20-13-15-22(11-7-3)24(17-20)26-19-27-25-18-21(10-6-2)14-16-23(25)12-8-4/h13-18H,5-12H2,1-4H3. The Balaban J connectivity index is 2.36. The highest BCUT2D eigenvalue weighted by molar-refractivity contribution is 5.62. The van der Waals surface area contributed by atoms with Gasteiger partial charge in [-0.1, -0.05) is 77.6 Å². The number of hydrogen-bond acceptors (Lipinski definition) is 2. The fourth-order valence-corrected chi connectivity index (χ4v) is 3.41. The maximum absolute atomic E-state index is 4.62. The predicted octanol–water partition coefficient (Wildman–Crippen LogP) is 7.63. The number of aryl methyl sites for hydroxylation is 4. The van der Waals surface area contributed by atoms with Crippen molar-refractivity contribution in [2.75, 3.05) is 0 Å². The molecular formula is C25H34N2. The summed E-state index contributed by atoms with van der Waals surface area (Å²) in [7, 11) is 0. The van der Waals surface area contributed by atoms with Crippen molar-refractivity contribution in [3.05, 3.63) is 58.7 Å². The summed E-state index contributed by atoms with van der Waals surface area (Å²) in [5.74, 6) is 0. The molecule has 144 valence electrons. The van der Waals surface area contributed by atoms with Gasteiger partial charge < -0.3 is 0 Å². The maximum atomic E-state index is 4.62. The van der Waals surface area contributed by atoms with Gasteiger partial charge in [0.25, 0.3) is 0 Å². The van der Waals surface area contributed by atoms with Crippen LogP contribution < -0.4 is 0 Å². The van der Waals surface area contributed by atoms with Gasteiger partial charge in [-0.15, -0.1) is 0 Å². The molecule has 0 saturated heterocycles. The molecule has 0 aliphatic carbocycles. The van der Waals surface area contributed by atoms with Crippen molar-refractivity contribution in [3.63, 3.8) is 0 Å². The van der Waals surface area contributed by atoms with Crippen molar-refractivity contribution in [3.8, 4) is 0 Å². The van der Waals surface area contributed by atoms with E-state index < -0.39 is 0 Å². The van der Waals surface area contributed by atoms with Crippen LogP contribution >= 0.6 is 0 Å². The van der Waals surface area contributed by atoms with Gasteiger partial charge in [0, 0.05) is 0 Å². The molecule has 0 aliphatic rings. The molecule has 2 heteroatoms. The fraction of sp³-hybridized carbons (Fsp3) is 0.480. The van der Waals surface area contributed by atoms with Crippen molar-refractivity contribution >= 4 is 17.4 Å². The van der Waals surface area contributed by atoms with Gasteiger partial charge >= 0.3 is 0 Å². The topological polar surface area (TPSA) is 24.7 Å². The lowest BCUT2D eigenvalue weighted by Crippen LogP contribution is -1.89. The van der Waals surface area contributed by atoms with E-state index in [0.717, 1.165) is 62.7 Å². The van der Waals surface area contributed by atoms with Crippen molar-refractivity contribution in [2.24, 2.45) is 9.98 Å². The molecule has 2 nitrogen and oxygen atoms in total. The van der Waals surface area contributed by atoms with Crippen molar-refractivity contribution in [2.45, 2.75) is 79.1 Å². The van der Waals surface area contributed by atoms with Crippen LogP contribution in [0.15, 0.2) is 46.4 Å². The lowest BCUT2D eigenvalue weighted by Gasteiger charge is -2.07.